The molecule has 3 heteroatoms. The lowest BCUT2D eigenvalue weighted by Crippen LogP contribution is -2.34. The fourth-order valence-corrected chi connectivity index (χ4v) is 2.75. The molecule has 3 atom stereocenters. The predicted molar refractivity (Wildman–Crippen MR) is 71.4 cm³/mol. The molecule has 94 valence electrons. The molecule has 0 amide bonds. The Morgan fingerprint density at radius 1 is 1.47 bits per heavy atom. The molecule has 1 aliphatic heterocycles. The Balaban J connectivity index is 2.25. The third kappa shape index (κ3) is 2.82. The van der Waals surface area contributed by atoms with Gasteiger partial charge in [-0.1, -0.05) is 43.6 Å². The van der Waals surface area contributed by atoms with Crippen LogP contribution in [0.5, 0.6) is 0 Å². The number of ether oxygens (including phenoxy) is 1. The first-order valence-corrected chi connectivity index (χ1v) is 6.71. The van der Waals surface area contributed by atoms with E-state index in [0.29, 0.717) is 5.92 Å². The van der Waals surface area contributed by atoms with Crippen molar-refractivity contribution in [3.05, 3.63) is 34.9 Å². The Bertz CT molecular complexity index is 369. The van der Waals surface area contributed by atoms with Gasteiger partial charge < -0.3 is 10.1 Å². The van der Waals surface area contributed by atoms with Crippen LogP contribution in [0.1, 0.15) is 31.9 Å². The van der Waals surface area contributed by atoms with Crippen LogP contribution in [0.25, 0.3) is 0 Å². The maximum Gasteiger partial charge on any atom is 0.0796 e. The third-order valence-corrected chi connectivity index (χ3v) is 3.78. The molecule has 17 heavy (non-hydrogen) atoms. The lowest BCUT2D eigenvalue weighted by atomic mass is 9.92. The van der Waals surface area contributed by atoms with Crippen LogP contribution in [0.4, 0.5) is 0 Å². The molecule has 1 aromatic carbocycles. The molecule has 0 saturated carbocycles. The van der Waals surface area contributed by atoms with Gasteiger partial charge in [0.25, 0.3) is 0 Å². The van der Waals surface area contributed by atoms with Crippen LogP contribution in [0, 0.1) is 5.92 Å². The largest absolute Gasteiger partial charge is 0.376 e. The van der Waals surface area contributed by atoms with Gasteiger partial charge in [-0.25, -0.2) is 0 Å². The lowest BCUT2D eigenvalue weighted by molar-refractivity contribution is 0.0612. The summed E-state index contributed by atoms with van der Waals surface area (Å²) in [4.78, 5) is 0. The monoisotopic (exact) mass is 253 g/mol. The quantitative estimate of drug-likeness (QED) is 0.888. The van der Waals surface area contributed by atoms with Crippen molar-refractivity contribution in [1.82, 2.24) is 5.32 Å². The predicted octanol–water partition coefficient (Wildman–Crippen LogP) is 3.42. The molecule has 1 heterocycles. The van der Waals surface area contributed by atoms with E-state index in [2.05, 4.69) is 25.2 Å². The van der Waals surface area contributed by atoms with Gasteiger partial charge in [-0.2, -0.15) is 0 Å². The van der Waals surface area contributed by atoms with E-state index in [0.717, 1.165) is 30.2 Å². The minimum Gasteiger partial charge on any atom is -0.376 e. The van der Waals surface area contributed by atoms with Crippen molar-refractivity contribution < 1.29 is 4.74 Å². The van der Waals surface area contributed by atoms with Crippen LogP contribution in [-0.2, 0) is 4.74 Å². The molecule has 0 spiro atoms. The molecule has 1 aromatic rings. The average Bonchev–Trinajstić information content (AvgIpc) is 2.74. The standard InChI is InChI=1S/C14H20ClNO/c1-3-16-13(14-10(2)8-9-17-14)11-6-4-5-7-12(11)15/h4-7,10,13-14,16H,3,8-9H2,1-2H3. The van der Waals surface area contributed by atoms with Gasteiger partial charge in [0, 0.05) is 11.6 Å². The summed E-state index contributed by atoms with van der Waals surface area (Å²) in [6, 6.07) is 8.23. The van der Waals surface area contributed by atoms with Crippen molar-refractivity contribution in [3.63, 3.8) is 0 Å². The molecule has 0 aromatic heterocycles. The second-order valence-corrected chi connectivity index (χ2v) is 5.07. The maximum absolute atomic E-state index is 6.29. The molecule has 1 fully saturated rings. The van der Waals surface area contributed by atoms with E-state index in [-0.39, 0.29) is 12.1 Å². The zero-order chi connectivity index (χ0) is 12.3. The molecular formula is C14H20ClNO. The van der Waals surface area contributed by atoms with Crippen LogP contribution in [-0.4, -0.2) is 19.3 Å². The number of rotatable bonds is 4. The highest BCUT2D eigenvalue weighted by Crippen LogP contribution is 2.34. The molecule has 0 aliphatic carbocycles. The topological polar surface area (TPSA) is 21.3 Å². The molecule has 1 saturated heterocycles. The fourth-order valence-electron chi connectivity index (χ4n) is 2.49. The van der Waals surface area contributed by atoms with Gasteiger partial charge in [-0.05, 0) is 30.5 Å². The third-order valence-electron chi connectivity index (χ3n) is 3.44. The van der Waals surface area contributed by atoms with E-state index < -0.39 is 0 Å². The number of nitrogens with one attached hydrogen (secondary N) is 1. The van der Waals surface area contributed by atoms with Gasteiger partial charge in [0.05, 0.1) is 12.1 Å². The number of hydrogen-bond acceptors (Lipinski definition) is 2. The highest BCUT2D eigenvalue weighted by Gasteiger charge is 2.33. The van der Waals surface area contributed by atoms with Crippen LogP contribution in [0.15, 0.2) is 24.3 Å². The summed E-state index contributed by atoms with van der Waals surface area (Å²) in [7, 11) is 0. The van der Waals surface area contributed by atoms with Crippen LogP contribution in [0.2, 0.25) is 5.02 Å². The maximum atomic E-state index is 6.29. The normalized spacial score (nSPS) is 26.1. The van der Waals surface area contributed by atoms with E-state index >= 15 is 0 Å². The number of halogens is 1. The summed E-state index contributed by atoms with van der Waals surface area (Å²) in [5.74, 6) is 0.579. The summed E-state index contributed by atoms with van der Waals surface area (Å²) < 4.78 is 5.87. The van der Waals surface area contributed by atoms with Gasteiger partial charge >= 0.3 is 0 Å². The summed E-state index contributed by atoms with van der Waals surface area (Å²) in [5.41, 5.74) is 1.15. The van der Waals surface area contributed by atoms with Crippen molar-refractivity contribution >= 4 is 11.6 Å². The minimum absolute atomic E-state index is 0.200. The highest BCUT2D eigenvalue weighted by molar-refractivity contribution is 6.31. The Labute approximate surface area is 108 Å². The first-order valence-electron chi connectivity index (χ1n) is 6.33. The Hall–Kier alpha value is -0.570. The van der Waals surface area contributed by atoms with E-state index in [1.54, 1.807) is 0 Å². The van der Waals surface area contributed by atoms with Crippen molar-refractivity contribution in [2.24, 2.45) is 5.92 Å². The molecule has 1 N–H and O–H groups in total. The van der Waals surface area contributed by atoms with E-state index in [1.807, 2.05) is 18.2 Å². The first kappa shape index (κ1) is 12.9. The second-order valence-electron chi connectivity index (χ2n) is 4.66. The summed E-state index contributed by atoms with van der Waals surface area (Å²) in [5, 5.41) is 4.32. The Morgan fingerprint density at radius 2 is 2.24 bits per heavy atom. The zero-order valence-corrected chi connectivity index (χ0v) is 11.2. The van der Waals surface area contributed by atoms with Crippen molar-refractivity contribution in [1.29, 1.82) is 0 Å². The van der Waals surface area contributed by atoms with E-state index in [1.165, 1.54) is 0 Å². The number of likely N-dealkylation sites (N-methyl/N-ethyl adjacent to an activating group) is 1. The molecule has 0 radical (unpaired) electrons. The molecule has 3 unspecified atom stereocenters. The van der Waals surface area contributed by atoms with Crippen LogP contribution < -0.4 is 5.32 Å². The van der Waals surface area contributed by atoms with Gasteiger partial charge in [-0.3, -0.25) is 0 Å². The number of hydrogen-bond donors (Lipinski definition) is 1. The summed E-state index contributed by atoms with van der Waals surface area (Å²) >= 11 is 6.29. The van der Waals surface area contributed by atoms with Gasteiger partial charge in [-0.15, -0.1) is 0 Å². The van der Waals surface area contributed by atoms with Crippen molar-refractivity contribution in [2.75, 3.05) is 13.2 Å². The van der Waals surface area contributed by atoms with Crippen molar-refractivity contribution in [2.45, 2.75) is 32.4 Å². The van der Waals surface area contributed by atoms with Crippen molar-refractivity contribution in [3.8, 4) is 0 Å². The average molecular weight is 254 g/mol. The Kier molecular flexibility index (Phi) is 4.43. The highest BCUT2D eigenvalue weighted by atomic mass is 35.5. The Morgan fingerprint density at radius 3 is 2.82 bits per heavy atom. The van der Waals surface area contributed by atoms with E-state index in [4.69, 9.17) is 16.3 Å². The molecular weight excluding hydrogens is 234 g/mol. The summed E-state index contributed by atoms with van der Waals surface area (Å²) in [6.45, 7) is 6.14. The second kappa shape index (κ2) is 5.85. The zero-order valence-electron chi connectivity index (χ0n) is 10.4. The molecule has 2 nitrogen and oxygen atoms in total. The molecule has 0 bridgehead atoms. The van der Waals surface area contributed by atoms with Crippen LogP contribution >= 0.6 is 11.6 Å². The lowest BCUT2D eigenvalue weighted by Gasteiger charge is -2.28. The van der Waals surface area contributed by atoms with Gasteiger partial charge in [0.15, 0.2) is 0 Å². The first-order chi connectivity index (χ1) is 8.24. The fraction of sp³-hybridized carbons (Fsp3) is 0.571. The SMILES string of the molecule is CCNC(c1ccccc1Cl)C1OCCC1C. The smallest absolute Gasteiger partial charge is 0.0796 e. The van der Waals surface area contributed by atoms with Crippen LogP contribution in [0.3, 0.4) is 0 Å². The minimum atomic E-state index is 0.200. The molecule has 2 rings (SSSR count). The molecule has 1 aliphatic rings. The number of benzene rings is 1. The van der Waals surface area contributed by atoms with Gasteiger partial charge in [0.1, 0.15) is 0 Å². The van der Waals surface area contributed by atoms with Gasteiger partial charge in [0.2, 0.25) is 0 Å². The van der Waals surface area contributed by atoms with E-state index in [9.17, 15) is 0 Å². The summed E-state index contributed by atoms with van der Waals surface area (Å²) in [6.07, 6.45) is 1.37.